The van der Waals surface area contributed by atoms with Gasteiger partial charge in [0.05, 0.1) is 13.2 Å². The predicted molar refractivity (Wildman–Crippen MR) is 120 cm³/mol. The molecule has 3 N–H and O–H groups in total. The van der Waals surface area contributed by atoms with Gasteiger partial charge in [0, 0.05) is 19.6 Å². The van der Waals surface area contributed by atoms with Gasteiger partial charge in [-0.15, -0.1) is 0 Å². The quantitative estimate of drug-likeness (QED) is 0.624. The van der Waals surface area contributed by atoms with Crippen molar-refractivity contribution in [2.75, 3.05) is 32.8 Å². The molecule has 1 aromatic carbocycles. The van der Waals surface area contributed by atoms with E-state index in [1.165, 1.54) is 0 Å². The smallest absolute Gasteiger partial charge is 0.322 e. The third-order valence-electron chi connectivity index (χ3n) is 6.24. The molecule has 0 spiro atoms. The van der Waals surface area contributed by atoms with Crippen molar-refractivity contribution in [1.82, 2.24) is 15.5 Å². The van der Waals surface area contributed by atoms with Crippen molar-refractivity contribution in [1.29, 1.82) is 0 Å². The minimum atomic E-state index is -0.962. The van der Waals surface area contributed by atoms with Crippen LogP contribution in [0.1, 0.15) is 64.7 Å². The SMILES string of the molecule is CC(C)(C)c1cc(CCC2(CN3CCOCC3)NC(=O)NC2=O)cc(C(C)(C)C)c1O. The summed E-state index contributed by atoms with van der Waals surface area (Å²) in [6.45, 7) is 15.7. The molecule has 0 radical (unpaired) electrons. The van der Waals surface area contributed by atoms with Crippen LogP contribution < -0.4 is 10.6 Å². The summed E-state index contributed by atoms with van der Waals surface area (Å²) in [5, 5.41) is 16.3. The van der Waals surface area contributed by atoms with Gasteiger partial charge in [-0.2, -0.15) is 0 Å². The van der Waals surface area contributed by atoms with E-state index in [1.807, 2.05) is 12.1 Å². The summed E-state index contributed by atoms with van der Waals surface area (Å²) in [6.07, 6.45) is 1.10. The van der Waals surface area contributed by atoms with Crippen molar-refractivity contribution >= 4 is 11.9 Å². The van der Waals surface area contributed by atoms with Crippen LogP contribution >= 0.6 is 0 Å². The van der Waals surface area contributed by atoms with E-state index in [1.54, 1.807) is 0 Å². The summed E-state index contributed by atoms with van der Waals surface area (Å²) in [5.74, 6) is 0.0774. The summed E-state index contributed by atoms with van der Waals surface area (Å²) >= 11 is 0. The maximum absolute atomic E-state index is 12.8. The Hall–Kier alpha value is -2.12. The lowest BCUT2D eigenvalue weighted by Crippen LogP contribution is -2.57. The highest BCUT2D eigenvalue weighted by atomic mass is 16.5. The van der Waals surface area contributed by atoms with E-state index >= 15 is 0 Å². The second-order valence-electron chi connectivity index (χ2n) is 10.9. The maximum Gasteiger partial charge on any atom is 0.322 e. The number of urea groups is 1. The number of aromatic hydroxyl groups is 1. The van der Waals surface area contributed by atoms with Crippen LogP contribution in [0.25, 0.3) is 0 Å². The number of nitrogens with one attached hydrogen (secondary N) is 2. The van der Waals surface area contributed by atoms with Crippen LogP contribution in [0.2, 0.25) is 0 Å². The number of benzene rings is 1. The molecule has 1 atom stereocenters. The van der Waals surface area contributed by atoms with E-state index in [9.17, 15) is 14.7 Å². The second kappa shape index (κ2) is 8.43. The number of morpholine rings is 1. The Morgan fingerprint density at radius 1 is 1.03 bits per heavy atom. The number of phenolic OH excluding ortho intramolecular Hbond substituents is 1. The van der Waals surface area contributed by atoms with Gasteiger partial charge in [0.15, 0.2) is 0 Å². The Labute approximate surface area is 185 Å². The van der Waals surface area contributed by atoms with Gasteiger partial charge in [0.1, 0.15) is 11.3 Å². The van der Waals surface area contributed by atoms with E-state index in [4.69, 9.17) is 4.74 Å². The Kier molecular flexibility index (Phi) is 6.40. The number of nitrogens with zero attached hydrogens (tertiary/aromatic N) is 1. The second-order valence-corrected chi connectivity index (χ2v) is 10.9. The van der Waals surface area contributed by atoms with Crippen LogP contribution in [0.15, 0.2) is 12.1 Å². The van der Waals surface area contributed by atoms with Crippen LogP contribution in [0.3, 0.4) is 0 Å². The zero-order valence-corrected chi connectivity index (χ0v) is 19.7. The Balaban J connectivity index is 1.90. The Bertz CT molecular complexity index is 812. The number of amides is 3. The lowest BCUT2D eigenvalue weighted by molar-refractivity contribution is -0.125. The largest absolute Gasteiger partial charge is 0.507 e. The third kappa shape index (κ3) is 5.21. The van der Waals surface area contributed by atoms with E-state index in [2.05, 4.69) is 57.1 Å². The minimum Gasteiger partial charge on any atom is -0.507 e. The summed E-state index contributed by atoms with van der Waals surface area (Å²) in [4.78, 5) is 27.0. The van der Waals surface area contributed by atoms with Crippen molar-refractivity contribution < 1.29 is 19.4 Å². The van der Waals surface area contributed by atoms with Gasteiger partial charge in [-0.3, -0.25) is 15.0 Å². The summed E-state index contributed by atoms with van der Waals surface area (Å²) in [7, 11) is 0. The van der Waals surface area contributed by atoms with E-state index in [-0.39, 0.29) is 16.7 Å². The molecule has 172 valence electrons. The minimum absolute atomic E-state index is 0.218. The van der Waals surface area contributed by atoms with Crippen molar-refractivity contribution in [2.45, 2.75) is 70.8 Å². The number of imide groups is 1. The van der Waals surface area contributed by atoms with Crippen molar-refractivity contribution in [3.8, 4) is 5.75 Å². The number of aryl methyl sites for hydroxylation is 1. The molecule has 7 nitrogen and oxygen atoms in total. The van der Waals surface area contributed by atoms with E-state index in [0.29, 0.717) is 38.3 Å². The zero-order chi connectivity index (χ0) is 23.0. The molecular formula is C24H37N3O4. The van der Waals surface area contributed by atoms with Crippen LogP contribution in [-0.4, -0.2) is 60.3 Å². The molecule has 2 saturated heterocycles. The predicted octanol–water partition coefficient (Wildman–Crippen LogP) is 2.83. The van der Waals surface area contributed by atoms with E-state index < -0.39 is 11.6 Å². The number of carbonyl (C=O) groups is 2. The molecule has 2 fully saturated rings. The standard InChI is InChI=1S/C24H37N3O4/c1-22(2,3)17-13-16(14-18(19(17)28)23(4,5)6)7-8-24(20(29)25-21(30)26-24)15-27-9-11-31-12-10-27/h13-14,28H,7-12,15H2,1-6H3,(H2,25,26,29,30). The third-order valence-corrected chi connectivity index (χ3v) is 6.24. The molecule has 2 aliphatic heterocycles. The number of hydrogen-bond acceptors (Lipinski definition) is 5. The molecule has 3 rings (SSSR count). The van der Waals surface area contributed by atoms with Crippen LogP contribution in [0, 0.1) is 0 Å². The average molecular weight is 432 g/mol. The van der Waals surface area contributed by atoms with Gasteiger partial charge in [-0.25, -0.2) is 4.79 Å². The van der Waals surface area contributed by atoms with Crippen LogP contribution in [0.5, 0.6) is 5.75 Å². The first-order valence-corrected chi connectivity index (χ1v) is 11.1. The van der Waals surface area contributed by atoms with Crippen molar-refractivity contribution in [3.63, 3.8) is 0 Å². The molecule has 1 unspecified atom stereocenters. The number of phenols is 1. The lowest BCUT2D eigenvalue weighted by atomic mass is 9.77. The molecule has 2 aliphatic rings. The van der Waals surface area contributed by atoms with Crippen LogP contribution in [0.4, 0.5) is 4.79 Å². The summed E-state index contributed by atoms with van der Waals surface area (Å²) < 4.78 is 5.42. The molecule has 1 aromatic rings. The maximum atomic E-state index is 12.8. The molecule has 2 heterocycles. The first kappa shape index (κ1) is 23.5. The normalized spacial score (nSPS) is 23.0. The van der Waals surface area contributed by atoms with Crippen molar-refractivity contribution in [3.05, 3.63) is 28.8 Å². The van der Waals surface area contributed by atoms with Gasteiger partial charge in [0.2, 0.25) is 0 Å². The monoisotopic (exact) mass is 431 g/mol. The number of rotatable bonds is 5. The average Bonchev–Trinajstić information content (AvgIpc) is 2.93. The van der Waals surface area contributed by atoms with Gasteiger partial charge in [-0.1, -0.05) is 53.7 Å². The molecule has 31 heavy (non-hydrogen) atoms. The van der Waals surface area contributed by atoms with Gasteiger partial charge >= 0.3 is 6.03 Å². The fourth-order valence-corrected chi connectivity index (χ4v) is 4.38. The molecular weight excluding hydrogens is 394 g/mol. The molecule has 0 bridgehead atoms. The lowest BCUT2D eigenvalue weighted by Gasteiger charge is -2.35. The van der Waals surface area contributed by atoms with Crippen LogP contribution in [-0.2, 0) is 26.8 Å². The fourth-order valence-electron chi connectivity index (χ4n) is 4.38. The highest BCUT2D eigenvalue weighted by Crippen LogP contribution is 2.40. The van der Waals surface area contributed by atoms with Crippen molar-refractivity contribution in [2.24, 2.45) is 0 Å². The molecule has 0 aliphatic carbocycles. The molecule has 7 heteroatoms. The summed E-state index contributed by atoms with van der Waals surface area (Å²) in [6, 6.07) is 3.65. The highest BCUT2D eigenvalue weighted by Gasteiger charge is 2.47. The highest BCUT2D eigenvalue weighted by molar-refractivity contribution is 6.07. The Morgan fingerprint density at radius 3 is 2.03 bits per heavy atom. The number of carbonyl (C=O) groups excluding carboxylic acids is 2. The molecule has 3 amide bonds. The van der Waals surface area contributed by atoms with E-state index in [0.717, 1.165) is 29.8 Å². The Morgan fingerprint density at radius 2 is 1.58 bits per heavy atom. The summed E-state index contributed by atoms with van der Waals surface area (Å²) in [5.41, 5.74) is 1.46. The topological polar surface area (TPSA) is 90.9 Å². The van der Waals surface area contributed by atoms with Gasteiger partial charge in [-0.05, 0) is 40.4 Å². The van der Waals surface area contributed by atoms with Gasteiger partial charge < -0.3 is 15.2 Å². The number of ether oxygens (including phenoxy) is 1. The van der Waals surface area contributed by atoms with Gasteiger partial charge in [0.25, 0.3) is 5.91 Å². The number of hydrogen-bond donors (Lipinski definition) is 3. The molecule has 0 aromatic heterocycles. The fraction of sp³-hybridized carbons (Fsp3) is 0.667. The molecule has 0 saturated carbocycles. The zero-order valence-electron chi connectivity index (χ0n) is 19.7. The first-order valence-electron chi connectivity index (χ1n) is 11.1. The first-order chi connectivity index (χ1) is 14.3.